The van der Waals surface area contributed by atoms with Gasteiger partial charge in [-0.25, -0.2) is 0 Å². The molecule has 1 amide bonds. The lowest BCUT2D eigenvalue weighted by Crippen LogP contribution is -2.26. The highest BCUT2D eigenvalue weighted by atomic mass is 16.4. The van der Waals surface area contributed by atoms with Gasteiger partial charge in [-0.2, -0.15) is 0 Å². The summed E-state index contributed by atoms with van der Waals surface area (Å²) < 4.78 is 0. The molecule has 0 bridgehead atoms. The summed E-state index contributed by atoms with van der Waals surface area (Å²) in [6.07, 6.45) is 2.58. The van der Waals surface area contributed by atoms with E-state index in [1.807, 2.05) is 0 Å². The monoisotopic (exact) mass is 199 g/mol. The number of amides is 1. The maximum Gasteiger partial charge on any atom is 0.303 e. The molecule has 0 spiro atoms. The zero-order valence-corrected chi connectivity index (χ0v) is 8.45. The molecule has 0 heterocycles. The molecular formula is C10H17NO3. The van der Waals surface area contributed by atoms with Crippen LogP contribution in [-0.4, -0.2) is 23.5 Å². The maximum atomic E-state index is 11.3. The Morgan fingerprint density at radius 1 is 1.43 bits per heavy atom. The minimum absolute atomic E-state index is 0.132. The predicted octanol–water partition coefficient (Wildman–Crippen LogP) is 1.01. The molecule has 0 radical (unpaired) electrons. The van der Waals surface area contributed by atoms with Crippen molar-refractivity contribution in [2.45, 2.75) is 32.6 Å². The molecule has 14 heavy (non-hydrogen) atoms. The smallest absolute Gasteiger partial charge is 0.303 e. The van der Waals surface area contributed by atoms with Crippen LogP contribution in [-0.2, 0) is 9.59 Å². The summed E-state index contributed by atoms with van der Waals surface area (Å²) in [5.41, 5.74) is 0. The largest absolute Gasteiger partial charge is 0.481 e. The third-order valence-corrected chi connectivity index (χ3v) is 2.56. The van der Waals surface area contributed by atoms with Gasteiger partial charge in [0, 0.05) is 18.9 Å². The highest BCUT2D eigenvalue weighted by Crippen LogP contribution is 2.37. The molecule has 0 saturated heterocycles. The minimum atomic E-state index is -0.771. The molecule has 0 aromatic heterocycles. The van der Waals surface area contributed by atoms with E-state index in [-0.39, 0.29) is 18.2 Å². The number of rotatable bonds is 6. The number of carboxylic acid groups (broad SMARTS) is 1. The van der Waals surface area contributed by atoms with Crippen molar-refractivity contribution in [3.63, 3.8) is 0 Å². The fraction of sp³-hybridized carbons (Fsp3) is 0.800. The van der Waals surface area contributed by atoms with E-state index in [2.05, 4.69) is 12.2 Å². The fourth-order valence-electron chi connectivity index (χ4n) is 1.43. The maximum absolute atomic E-state index is 11.3. The summed E-state index contributed by atoms with van der Waals surface area (Å²) in [4.78, 5) is 21.5. The van der Waals surface area contributed by atoms with E-state index in [1.54, 1.807) is 0 Å². The van der Waals surface area contributed by atoms with E-state index in [4.69, 9.17) is 5.11 Å². The summed E-state index contributed by atoms with van der Waals surface area (Å²) in [5.74, 6) is 0.114. The molecule has 1 aliphatic carbocycles. The summed E-state index contributed by atoms with van der Waals surface area (Å²) in [6.45, 7) is 2.67. The Balaban J connectivity index is 1.93. The number of carbonyl (C=O) groups is 2. The Bertz CT molecular complexity index is 227. The van der Waals surface area contributed by atoms with Crippen LogP contribution in [0.5, 0.6) is 0 Å². The number of aliphatic carboxylic acids is 1. The van der Waals surface area contributed by atoms with E-state index in [0.717, 1.165) is 12.8 Å². The van der Waals surface area contributed by atoms with Crippen LogP contribution in [0.1, 0.15) is 32.6 Å². The number of carboxylic acids is 1. The molecule has 80 valence electrons. The fourth-order valence-corrected chi connectivity index (χ4v) is 1.43. The standard InChI is InChI=1S/C10H17NO3/c1-7-6-8(7)10(14)11-5-3-2-4-9(12)13/h7-8H,2-6H2,1H3,(H,11,14)(H,12,13). The lowest BCUT2D eigenvalue weighted by Gasteiger charge is -2.02. The van der Waals surface area contributed by atoms with Crippen molar-refractivity contribution in [2.24, 2.45) is 11.8 Å². The van der Waals surface area contributed by atoms with Crippen LogP contribution in [0.25, 0.3) is 0 Å². The summed E-state index contributed by atoms with van der Waals surface area (Å²) in [7, 11) is 0. The molecule has 0 aromatic carbocycles. The Labute approximate surface area is 83.7 Å². The van der Waals surface area contributed by atoms with Crippen molar-refractivity contribution in [1.82, 2.24) is 5.32 Å². The molecule has 4 nitrogen and oxygen atoms in total. The number of hydrogen-bond acceptors (Lipinski definition) is 2. The van der Waals surface area contributed by atoms with Crippen LogP contribution in [0, 0.1) is 11.8 Å². The zero-order valence-electron chi connectivity index (χ0n) is 8.45. The molecule has 0 aliphatic heterocycles. The average molecular weight is 199 g/mol. The van der Waals surface area contributed by atoms with Gasteiger partial charge in [-0.3, -0.25) is 9.59 Å². The van der Waals surface area contributed by atoms with Crippen LogP contribution in [0.15, 0.2) is 0 Å². The minimum Gasteiger partial charge on any atom is -0.481 e. The van der Waals surface area contributed by atoms with Gasteiger partial charge in [0.1, 0.15) is 0 Å². The van der Waals surface area contributed by atoms with E-state index in [1.165, 1.54) is 0 Å². The van der Waals surface area contributed by atoms with Crippen molar-refractivity contribution in [3.8, 4) is 0 Å². The summed E-state index contributed by atoms with van der Waals surface area (Å²) in [5, 5.41) is 11.2. The SMILES string of the molecule is CC1CC1C(=O)NCCCCC(=O)O. The second kappa shape index (κ2) is 4.98. The van der Waals surface area contributed by atoms with Gasteiger partial charge in [0.15, 0.2) is 0 Å². The molecule has 1 fully saturated rings. The van der Waals surface area contributed by atoms with Crippen LogP contribution >= 0.6 is 0 Å². The van der Waals surface area contributed by atoms with Gasteiger partial charge >= 0.3 is 5.97 Å². The van der Waals surface area contributed by atoms with E-state index >= 15 is 0 Å². The first-order valence-corrected chi connectivity index (χ1v) is 5.10. The Morgan fingerprint density at radius 3 is 2.57 bits per heavy atom. The molecule has 0 aromatic rings. The molecule has 1 rings (SSSR count). The number of carbonyl (C=O) groups excluding carboxylic acids is 1. The highest BCUT2D eigenvalue weighted by Gasteiger charge is 2.38. The Morgan fingerprint density at radius 2 is 2.07 bits per heavy atom. The lowest BCUT2D eigenvalue weighted by atomic mass is 10.2. The summed E-state index contributed by atoms with van der Waals surface area (Å²) in [6, 6.07) is 0. The van der Waals surface area contributed by atoms with Crippen molar-refractivity contribution in [3.05, 3.63) is 0 Å². The van der Waals surface area contributed by atoms with E-state index in [9.17, 15) is 9.59 Å². The number of hydrogen-bond donors (Lipinski definition) is 2. The number of unbranched alkanes of at least 4 members (excludes halogenated alkanes) is 1. The molecule has 2 N–H and O–H groups in total. The van der Waals surface area contributed by atoms with Gasteiger partial charge in [-0.1, -0.05) is 6.92 Å². The van der Waals surface area contributed by atoms with Gasteiger partial charge in [0.2, 0.25) is 5.91 Å². The van der Waals surface area contributed by atoms with Gasteiger partial charge in [-0.05, 0) is 25.2 Å². The third-order valence-electron chi connectivity index (χ3n) is 2.56. The molecule has 4 heteroatoms. The van der Waals surface area contributed by atoms with E-state index in [0.29, 0.717) is 18.9 Å². The molecule has 2 atom stereocenters. The molecule has 1 aliphatic rings. The highest BCUT2D eigenvalue weighted by molar-refractivity contribution is 5.81. The Kier molecular flexibility index (Phi) is 3.92. The predicted molar refractivity (Wildman–Crippen MR) is 51.8 cm³/mol. The van der Waals surface area contributed by atoms with Crippen LogP contribution in [0.3, 0.4) is 0 Å². The van der Waals surface area contributed by atoms with E-state index < -0.39 is 5.97 Å². The third kappa shape index (κ3) is 3.77. The van der Waals surface area contributed by atoms with Crippen LogP contribution in [0.2, 0.25) is 0 Å². The average Bonchev–Trinajstić information content (AvgIpc) is 2.81. The van der Waals surface area contributed by atoms with Gasteiger partial charge < -0.3 is 10.4 Å². The lowest BCUT2D eigenvalue weighted by molar-refractivity contribution is -0.137. The topological polar surface area (TPSA) is 66.4 Å². The Hall–Kier alpha value is -1.06. The molecule has 2 unspecified atom stereocenters. The first kappa shape index (κ1) is 11.0. The van der Waals surface area contributed by atoms with Gasteiger partial charge in [-0.15, -0.1) is 0 Å². The van der Waals surface area contributed by atoms with Crippen molar-refractivity contribution in [2.75, 3.05) is 6.54 Å². The second-order valence-electron chi connectivity index (χ2n) is 3.96. The van der Waals surface area contributed by atoms with Crippen molar-refractivity contribution >= 4 is 11.9 Å². The van der Waals surface area contributed by atoms with Gasteiger partial charge in [0.05, 0.1) is 0 Å². The second-order valence-corrected chi connectivity index (χ2v) is 3.96. The van der Waals surface area contributed by atoms with Gasteiger partial charge in [0.25, 0.3) is 0 Å². The quantitative estimate of drug-likeness (QED) is 0.627. The normalized spacial score (nSPS) is 24.4. The van der Waals surface area contributed by atoms with Crippen LogP contribution < -0.4 is 5.32 Å². The first-order chi connectivity index (χ1) is 6.61. The van der Waals surface area contributed by atoms with Crippen molar-refractivity contribution < 1.29 is 14.7 Å². The zero-order chi connectivity index (χ0) is 10.6. The molecule has 1 saturated carbocycles. The molecular weight excluding hydrogens is 182 g/mol. The van der Waals surface area contributed by atoms with Crippen LogP contribution in [0.4, 0.5) is 0 Å². The van der Waals surface area contributed by atoms with Crippen molar-refractivity contribution in [1.29, 1.82) is 0 Å². The summed E-state index contributed by atoms with van der Waals surface area (Å²) >= 11 is 0. The number of nitrogens with one attached hydrogen (secondary N) is 1. The first-order valence-electron chi connectivity index (χ1n) is 5.10.